The summed E-state index contributed by atoms with van der Waals surface area (Å²) in [5, 5.41) is 17.2. The van der Waals surface area contributed by atoms with Crippen LogP contribution in [-0.2, 0) is 7.05 Å². The number of nitrogens with zero attached hydrogens (tertiary/aromatic N) is 2. The van der Waals surface area contributed by atoms with E-state index < -0.39 is 0 Å². The van der Waals surface area contributed by atoms with Crippen LogP contribution in [0.3, 0.4) is 0 Å². The standard InChI is InChI=1S/C13H25N3O/c1-9(2)6-12(8-17)14-10(3)13-7-16(5)15-11(13)4/h7,9-10,12,14,17H,6,8H2,1-5H3. The van der Waals surface area contributed by atoms with Gasteiger partial charge in [-0.25, -0.2) is 0 Å². The zero-order valence-electron chi connectivity index (χ0n) is 11.6. The van der Waals surface area contributed by atoms with Crippen molar-refractivity contribution >= 4 is 0 Å². The maximum Gasteiger partial charge on any atom is 0.0641 e. The molecule has 4 nitrogen and oxygen atoms in total. The van der Waals surface area contributed by atoms with Crippen molar-refractivity contribution in [2.75, 3.05) is 6.61 Å². The van der Waals surface area contributed by atoms with E-state index in [4.69, 9.17) is 0 Å². The second kappa shape index (κ2) is 6.17. The van der Waals surface area contributed by atoms with Gasteiger partial charge in [-0.15, -0.1) is 0 Å². The lowest BCUT2D eigenvalue weighted by Crippen LogP contribution is -2.35. The molecule has 1 aromatic rings. The summed E-state index contributed by atoms with van der Waals surface area (Å²) in [5.74, 6) is 0.585. The molecule has 1 heterocycles. The first-order valence-corrected chi connectivity index (χ1v) is 6.31. The molecule has 0 radical (unpaired) electrons. The summed E-state index contributed by atoms with van der Waals surface area (Å²) >= 11 is 0. The van der Waals surface area contributed by atoms with Crippen LogP contribution in [0.1, 0.15) is 44.5 Å². The number of nitrogens with one attached hydrogen (secondary N) is 1. The molecule has 0 aliphatic heterocycles. The van der Waals surface area contributed by atoms with Crippen molar-refractivity contribution < 1.29 is 5.11 Å². The van der Waals surface area contributed by atoms with Gasteiger partial charge in [0.2, 0.25) is 0 Å². The van der Waals surface area contributed by atoms with E-state index in [2.05, 4.69) is 31.2 Å². The lowest BCUT2D eigenvalue weighted by Gasteiger charge is -2.23. The molecule has 0 saturated carbocycles. The average molecular weight is 239 g/mol. The van der Waals surface area contributed by atoms with E-state index >= 15 is 0 Å². The largest absolute Gasteiger partial charge is 0.395 e. The van der Waals surface area contributed by atoms with Gasteiger partial charge in [0.25, 0.3) is 0 Å². The van der Waals surface area contributed by atoms with Crippen LogP contribution < -0.4 is 5.32 Å². The molecule has 0 bridgehead atoms. The predicted octanol–water partition coefficient (Wildman–Crippen LogP) is 1.79. The highest BCUT2D eigenvalue weighted by atomic mass is 16.3. The third-order valence-corrected chi connectivity index (χ3v) is 2.98. The molecule has 1 rings (SSSR count). The third-order valence-electron chi connectivity index (χ3n) is 2.98. The molecule has 0 fully saturated rings. The van der Waals surface area contributed by atoms with Gasteiger partial charge in [-0.2, -0.15) is 5.10 Å². The van der Waals surface area contributed by atoms with Crippen LogP contribution in [0.2, 0.25) is 0 Å². The minimum absolute atomic E-state index is 0.157. The zero-order chi connectivity index (χ0) is 13.0. The maximum absolute atomic E-state index is 9.36. The van der Waals surface area contributed by atoms with Crippen LogP contribution in [0, 0.1) is 12.8 Å². The number of aliphatic hydroxyl groups excluding tert-OH is 1. The van der Waals surface area contributed by atoms with Gasteiger partial charge >= 0.3 is 0 Å². The fourth-order valence-corrected chi connectivity index (χ4v) is 2.25. The molecule has 4 heteroatoms. The van der Waals surface area contributed by atoms with Gasteiger partial charge in [-0.3, -0.25) is 4.68 Å². The Morgan fingerprint density at radius 1 is 1.41 bits per heavy atom. The number of aromatic nitrogens is 2. The summed E-state index contributed by atoms with van der Waals surface area (Å²) in [5.41, 5.74) is 2.25. The molecule has 0 aliphatic rings. The second-order valence-electron chi connectivity index (χ2n) is 5.24. The number of aliphatic hydroxyl groups is 1. The lowest BCUT2D eigenvalue weighted by molar-refractivity contribution is 0.215. The number of rotatable bonds is 6. The summed E-state index contributed by atoms with van der Waals surface area (Å²) in [6.07, 6.45) is 3.02. The molecule has 0 saturated heterocycles. The Morgan fingerprint density at radius 2 is 2.06 bits per heavy atom. The highest BCUT2D eigenvalue weighted by Gasteiger charge is 2.16. The zero-order valence-corrected chi connectivity index (χ0v) is 11.6. The third kappa shape index (κ3) is 4.13. The summed E-state index contributed by atoms with van der Waals surface area (Å²) < 4.78 is 1.83. The minimum atomic E-state index is 0.157. The predicted molar refractivity (Wildman–Crippen MR) is 69.8 cm³/mol. The summed E-state index contributed by atoms with van der Waals surface area (Å²) in [4.78, 5) is 0. The highest BCUT2D eigenvalue weighted by Crippen LogP contribution is 2.17. The van der Waals surface area contributed by atoms with Gasteiger partial charge in [0.05, 0.1) is 12.3 Å². The maximum atomic E-state index is 9.36. The van der Waals surface area contributed by atoms with E-state index in [9.17, 15) is 5.11 Å². The van der Waals surface area contributed by atoms with E-state index in [0.717, 1.165) is 12.1 Å². The summed E-state index contributed by atoms with van der Waals surface area (Å²) in [6, 6.07) is 0.379. The van der Waals surface area contributed by atoms with Crippen LogP contribution >= 0.6 is 0 Å². The monoisotopic (exact) mass is 239 g/mol. The molecule has 2 unspecified atom stereocenters. The van der Waals surface area contributed by atoms with Crippen molar-refractivity contribution in [1.29, 1.82) is 0 Å². The number of hydrogen-bond donors (Lipinski definition) is 2. The van der Waals surface area contributed by atoms with Gasteiger partial charge in [0, 0.05) is 30.9 Å². The highest BCUT2D eigenvalue weighted by molar-refractivity contribution is 5.19. The van der Waals surface area contributed by atoms with E-state index in [1.807, 2.05) is 24.9 Å². The van der Waals surface area contributed by atoms with Crippen molar-refractivity contribution in [2.24, 2.45) is 13.0 Å². The summed E-state index contributed by atoms with van der Waals surface area (Å²) in [7, 11) is 1.93. The molecule has 0 amide bonds. The minimum Gasteiger partial charge on any atom is -0.395 e. The Morgan fingerprint density at radius 3 is 2.47 bits per heavy atom. The van der Waals surface area contributed by atoms with Gasteiger partial charge in [-0.1, -0.05) is 13.8 Å². The molecule has 0 aliphatic carbocycles. The smallest absolute Gasteiger partial charge is 0.0641 e. The first kappa shape index (κ1) is 14.2. The molecule has 17 heavy (non-hydrogen) atoms. The first-order chi connectivity index (χ1) is 7.93. The van der Waals surface area contributed by atoms with Crippen molar-refractivity contribution in [2.45, 2.75) is 46.2 Å². The Bertz CT molecular complexity index is 346. The van der Waals surface area contributed by atoms with E-state index in [-0.39, 0.29) is 18.7 Å². The number of aryl methyl sites for hydroxylation is 2. The quantitative estimate of drug-likeness (QED) is 0.795. The van der Waals surface area contributed by atoms with Gasteiger partial charge < -0.3 is 10.4 Å². The topological polar surface area (TPSA) is 50.1 Å². The Labute approximate surface area is 104 Å². The van der Waals surface area contributed by atoms with Crippen LogP contribution in [0.15, 0.2) is 6.20 Å². The van der Waals surface area contributed by atoms with Crippen LogP contribution in [0.4, 0.5) is 0 Å². The van der Waals surface area contributed by atoms with Gasteiger partial charge in [-0.05, 0) is 26.2 Å². The van der Waals surface area contributed by atoms with Crippen molar-refractivity contribution in [1.82, 2.24) is 15.1 Å². The van der Waals surface area contributed by atoms with Gasteiger partial charge in [0.1, 0.15) is 0 Å². The van der Waals surface area contributed by atoms with Crippen molar-refractivity contribution in [3.8, 4) is 0 Å². The Hall–Kier alpha value is -0.870. The second-order valence-corrected chi connectivity index (χ2v) is 5.24. The van der Waals surface area contributed by atoms with Crippen molar-refractivity contribution in [3.05, 3.63) is 17.5 Å². The lowest BCUT2D eigenvalue weighted by atomic mass is 10.0. The summed E-state index contributed by atoms with van der Waals surface area (Å²) in [6.45, 7) is 8.66. The molecule has 1 aromatic heterocycles. The molecule has 2 N–H and O–H groups in total. The Kier molecular flexibility index (Phi) is 5.15. The van der Waals surface area contributed by atoms with Crippen molar-refractivity contribution in [3.63, 3.8) is 0 Å². The van der Waals surface area contributed by atoms with E-state index in [1.165, 1.54) is 5.56 Å². The molecule has 2 atom stereocenters. The number of hydrogen-bond acceptors (Lipinski definition) is 3. The van der Waals surface area contributed by atoms with Gasteiger partial charge in [0.15, 0.2) is 0 Å². The fourth-order valence-electron chi connectivity index (χ4n) is 2.25. The molecule has 0 spiro atoms. The Balaban J connectivity index is 2.64. The molecular formula is C13H25N3O. The van der Waals surface area contributed by atoms with Crippen LogP contribution in [0.5, 0.6) is 0 Å². The molecule has 0 aromatic carbocycles. The average Bonchev–Trinajstić information content (AvgIpc) is 2.56. The van der Waals surface area contributed by atoms with E-state index in [1.54, 1.807) is 0 Å². The SMILES string of the molecule is Cc1nn(C)cc1C(C)NC(CO)CC(C)C. The van der Waals surface area contributed by atoms with E-state index in [0.29, 0.717) is 5.92 Å². The van der Waals surface area contributed by atoms with Crippen LogP contribution in [-0.4, -0.2) is 27.5 Å². The van der Waals surface area contributed by atoms with Crippen LogP contribution in [0.25, 0.3) is 0 Å². The normalized spacial score (nSPS) is 15.2. The first-order valence-electron chi connectivity index (χ1n) is 6.31. The molecule has 98 valence electrons. The molecular weight excluding hydrogens is 214 g/mol. The fraction of sp³-hybridized carbons (Fsp3) is 0.769.